The van der Waals surface area contributed by atoms with Crippen molar-refractivity contribution in [2.24, 2.45) is 4.99 Å². The summed E-state index contributed by atoms with van der Waals surface area (Å²) in [5.41, 5.74) is 4.59. The van der Waals surface area contributed by atoms with Gasteiger partial charge < -0.3 is 20.4 Å². The van der Waals surface area contributed by atoms with Crippen molar-refractivity contribution >= 4 is 29.0 Å². The van der Waals surface area contributed by atoms with Crippen molar-refractivity contribution in [3.8, 4) is 0 Å². The van der Waals surface area contributed by atoms with E-state index in [0.29, 0.717) is 18.6 Å². The number of rotatable bonds is 4. The molecule has 2 N–H and O–H groups in total. The molecule has 2 atom stereocenters. The van der Waals surface area contributed by atoms with Crippen molar-refractivity contribution in [2.45, 2.75) is 38.3 Å². The summed E-state index contributed by atoms with van der Waals surface area (Å²) in [5, 5.41) is 11.0. The molecule has 0 bridgehead atoms. The average Bonchev–Trinajstić information content (AvgIpc) is 3.49. The van der Waals surface area contributed by atoms with Gasteiger partial charge in [-0.2, -0.15) is 5.10 Å². The maximum atomic E-state index is 12.1. The molecular formula is C23H31N7O. The molecule has 2 fully saturated rings. The molecule has 2 saturated heterocycles. The van der Waals surface area contributed by atoms with E-state index in [-0.39, 0.29) is 6.03 Å². The number of urea groups is 1. The number of anilines is 1. The van der Waals surface area contributed by atoms with E-state index in [1.54, 1.807) is 0 Å². The Morgan fingerprint density at radius 2 is 2.16 bits per heavy atom. The number of dihydropyridines is 1. The van der Waals surface area contributed by atoms with Crippen molar-refractivity contribution in [3.05, 3.63) is 36.2 Å². The lowest BCUT2D eigenvalue weighted by atomic mass is 9.98. The second kappa shape index (κ2) is 8.70. The predicted octanol–water partition coefficient (Wildman–Crippen LogP) is 2.16. The van der Waals surface area contributed by atoms with E-state index in [2.05, 4.69) is 45.0 Å². The molecule has 164 valence electrons. The average molecular weight is 422 g/mol. The van der Waals surface area contributed by atoms with Crippen LogP contribution in [-0.2, 0) is 0 Å². The van der Waals surface area contributed by atoms with Gasteiger partial charge in [-0.05, 0) is 50.4 Å². The summed E-state index contributed by atoms with van der Waals surface area (Å²) in [7, 11) is 0. The van der Waals surface area contributed by atoms with Crippen LogP contribution in [0.4, 0.5) is 10.5 Å². The zero-order chi connectivity index (χ0) is 21.2. The minimum atomic E-state index is 0.0293. The Labute approximate surface area is 183 Å². The largest absolute Gasteiger partial charge is 0.366 e. The number of aliphatic imine (C=N–C) groups is 1. The van der Waals surface area contributed by atoms with Crippen molar-refractivity contribution in [3.63, 3.8) is 0 Å². The molecule has 5 rings (SSSR count). The quantitative estimate of drug-likeness (QED) is 0.793. The highest BCUT2D eigenvalue weighted by molar-refractivity contribution is 6.11. The van der Waals surface area contributed by atoms with Gasteiger partial charge in [-0.1, -0.05) is 6.08 Å². The van der Waals surface area contributed by atoms with E-state index in [0.717, 1.165) is 55.9 Å². The maximum Gasteiger partial charge on any atom is 0.317 e. The third kappa shape index (κ3) is 4.04. The molecule has 3 aliphatic heterocycles. The van der Waals surface area contributed by atoms with E-state index in [4.69, 9.17) is 4.99 Å². The highest BCUT2D eigenvalue weighted by Gasteiger charge is 2.25. The second-order valence-electron chi connectivity index (χ2n) is 8.53. The highest BCUT2D eigenvalue weighted by Crippen LogP contribution is 2.28. The number of piperazine rings is 1. The van der Waals surface area contributed by atoms with Crippen LogP contribution >= 0.6 is 0 Å². The molecule has 0 spiro atoms. The molecule has 3 aliphatic rings. The smallest absolute Gasteiger partial charge is 0.317 e. The van der Waals surface area contributed by atoms with Gasteiger partial charge in [0.05, 0.1) is 17.2 Å². The van der Waals surface area contributed by atoms with E-state index < -0.39 is 0 Å². The minimum Gasteiger partial charge on any atom is -0.366 e. The molecule has 1 unspecified atom stereocenters. The Balaban J connectivity index is 1.31. The topological polar surface area (TPSA) is 77.3 Å². The Kier molecular flexibility index (Phi) is 5.63. The number of fused-ring (bicyclic) bond motifs is 1. The monoisotopic (exact) mass is 421 g/mol. The van der Waals surface area contributed by atoms with Crippen LogP contribution in [0, 0.1) is 0 Å². The molecule has 8 heteroatoms. The summed E-state index contributed by atoms with van der Waals surface area (Å²) in [4.78, 5) is 21.2. The number of nitrogens with one attached hydrogen (secondary N) is 2. The van der Waals surface area contributed by atoms with Crippen LogP contribution in [0.25, 0.3) is 11.1 Å². The fraction of sp³-hybridized carbons (Fsp3) is 0.522. The van der Waals surface area contributed by atoms with E-state index >= 15 is 0 Å². The fourth-order valence-corrected chi connectivity index (χ4v) is 4.88. The van der Waals surface area contributed by atoms with Crippen LogP contribution in [0.15, 0.2) is 35.6 Å². The highest BCUT2D eigenvalue weighted by atomic mass is 16.2. The van der Waals surface area contributed by atoms with Crippen LogP contribution in [0.2, 0.25) is 0 Å². The van der Waals surface area contributed by atoms with Crippen molar-refractivity contribution < 1.29 is 4.79 Å². The van der Waals surface area contributed by atoms with Gasteiger partial charge in [-0.25, -0.2) is 9.31 Å². The van der Waals surface area contributed by atoms with Crippen molar-refractivity contribution in [1.29, 1.82) is 0 Å². The first-order valence-electron chi connectivity index (χ1n) is 11.4. The molecule has 0 saturated carbocycles. The van der Waals surface area contributed by atoms with Crippen LogP contribution in [0.3, 0.4) is 0 Å². The van der Waals surface area contributed by atoms with E-state index in [1.807, 2.05) is 28.8 Å². The van der Waals surface area contributed by atoms with Gasteiger partial charge >= 0.3 is 6.03 Å². The van der Waals surface area contributed by atoms with Crippen molar-refractivity contribution in [2.75, 3.05) is 44.2 Å². The summed E-state index contributed by atoms with van der Waals surface area (Å²) in [6.07, 6.45) is 11.8. The van der Waals surface area contributed by atoms with Crippen molar-refractivity contribution in [1.82, 2.24) is 25.1 Å². The first-order chi connectivity index (χ1) is 15.2. The molecule has 0 aliphatic carbocycles. The minimum absolute atomic E-state index is 0.0293. The van der Waals surface area contributed by atoms with Gasteiger partial charge in [0.1, 0.15) is 0 Å². The third-order valence-corrected chi connectivity index (χ3v) is 6.60. The first-order valence-corrected chi connectivity index (χ1v) is 11.4. The zero-order valence-electron chi connectivity index (χ0n) is 18.1. The zero-order valence-corrected chi connectivity index (χ0v) is 18.1. The molecule has 5 heterocycles. The van der Waals surface area contributed by atoms with Crippen LogP contribution in [0.5, 0.6) is 0 Å². The summed E-state index contributed by atoms with van der Waals surface area (Å²) in [6.45, 7) is 6.81. The van der Waals surface area contributed by atoms with Gasteiger partial charge in [0, 0.05) is 62.9 Å². The van der Waals surface area contributed by atoms with Crippen LogP contribution in [0.1, 0.15) is 31.7 Å². The van der Waals surface area contributed by atoms with Gasteiger partial charge in [0.15, 0.2) is 0 Å². The molecule has 0 radical (unpaired) electrons. The Morgan fingerprint density at radius 1 is 1.29 bits per heavy atom. The number of allylic oxidation sites excluding steroid dienone is 1. The summed E-state index contributed by atoms with van der Waals surface area (Å²) in [5.74, 6) is 0. The van der Waals surface area contributed by atoms with Gasteiger partial charge in [-0.15, -0.1) is 0 Å². The molecule has 8 nitrogen and oxygen atoms in total. The number of amides is 2. The molecule has 31 heavy (non-hydrogen) atoms. The number of carbonyl (C=O) groups is 1. The van der Waals surface area contributed by atoms with Gasteiger partial charge in [0.25, 0.3) is 0 Å². The number of carbonyl (C=O) groups excluding carboxylic acids is 1. The SMILES string of the molecule is CCNC(=O)N1CCN(c2ccnn3cc(C4=CCC([C@H]5CCCN5)N=C4)cc23)CC1. The maximum absolute atomic E-state index is 12.1. The molecule has 2 amide bonds. The second-order valence-corrected chi connectivity index (χ2v) is 8.53. The first kappa shape index (κ1) is 20.1. The molecule has 2 aromatic rings. The normalized spacial score (nSPS) is 24.0. The summed E-state index contributed by atoms with van der Waals surface area (Å²) >= 11 is 0. The molecule has 2 aromatic heterocycles. The lowest BCUT2D eigenvalue weighted by molar-refractivity contribution is 0.195. The van der Waals surface area contributed by atoms with Gasteiger partial charge in [-0.3, -0.25) is 4.99 Å². The van der Waals surface area contributed by atoms with Crippen LogP contribution < -0.4 is 15.5 Å². The lowest BCUT2D eigenvalue weighted by Gasteiger charge is -2.36. The number of hydrogen-bond donors (Lipinski definition) is 2. The van der Waals surface area contributed by atoms with E-state index in [9.17, 15) is 4.79 Å². The predicted molar refractivity (Wildman–Crippen MR) is 124 cm³/mol. The standard InChI is InChI=1S/C23H31N7O/c1-2-24-23(31)29-12-10-28(11-13-29)21-7-9-27-30-16-18(14-22(21)30)17-5-6-20(26-15-17)19-4-3-8-25-19/h5,7,9,14-16,19-20,25H,2-4,6,8,10-13H2,1H3,(H,24,31)/t19-,20?/m1/s1. The van der Waals surface area contributed by atoms with Crippen LogP contribution in [-0.4, -0.2) is 78.1 Å². The lowest BCUT2D eigenvalue weighted by Crippen LogP contribution is -2.51. The Hall–Kier alpha value is -2.87. The molecule has 0 aromatic carbocycles. The Morgan fingerprint density at radius 3 is 2.87 bits per heavy atom. The third-order valence-electron chi connectivity index (χ3n) is 6.60. The summed E-state index contributed by atoms with van der Waals surface area (Å²) < 4.78 is 1.96. The van der Waals surface area contributed by atoms with Gasteiger partial charge in [0.2, 0.25) is 0 Å². The number of nitrogens with zero attached hydrogens (tertiary/aromatic N) is 5. The number of hydrogen-bond acceptors (Lipinski definition) is 5. The number of aromatic nitrogens is 2. The summed E-state index contributed by atoms with van der Waals surface area (Å²) in [6, 6.07) is 5.20. The fourth-order valence-electron chi connectivity index (χ4n) is 4.88. The van der Waals surface area contributed by atoms with E-state index in [1.165, 1.54) is 18.4 Å². The Bertz CT molecular complexity index is 997. The molecular weight excluding hydrogens is 390 g/mol.